The van der Waals surface area contributed by atoms with E-state index in [1.165, 1.54) is 29.2 Å². The topological polar surface area (TPSA) is 72.8 Å². The van der Waals surface area contributed by atoms with Crippen molar-refractivity contribution in [3.63, 3.8) is 0 Å². The van der Waals surface area contributed by atoms with Crippen molar-refractivity contribution >= 4 is 34.5 Å². The summed E-state index contributed by atoms with van der Waals surface area (Å²) in [5.74, 6) is -2.03. The predicted molar refractivity (Wildman–Crippen MR) is 91.5 cm³/mol. The number of carboxylic acids is 1. The van der Waals surface area contributed by atoms with Gasteiger partial charge in [-0.3, -0.25) is 9.69 Å². The molecule has 1 amide bonds. The highest BCUT2D eigenvalue weighted by molar-refractivity contribution is 8.15. The summed E-state index contributed by atoms with van der Waals surface area (Å²) in [7, 11) is 0. The third-order valence-electron chi connectivity index (χ3n) is 3.64. The largest absolute Gasteiger partial charge is 0.549 e. The summed E-state index contributed by atoms with van der Waals surface area (Å²) in [6, 6.07) is 14.8. The summed E-state index contributed by atoms with van der Waals surface area (Å²) in [4.78, 5) is 29.4. The van der Waals surface area contributed by atoms with Crippen molar-refractivity contribution in [2.45, 2.75) is 18.2 Å². The number of hydrogen-bond donors (Lipinski definition) is 0. The third kappa shape index (κ3) is 4.24. The van der Waals surface area contributed by atoms with Gasteiger partial charge in [0.1, 0.15) is 5.82 Å². The van der Waals surface area contributed by atoms with Crippen LogP contribution in [0.4, 0.5) is 10.1 Å². The molecule has 0 aromatic heterocycles. The second-order valence-corrected chi connectivity index (χ2v) is 6.64. The first kappa shape index (κ1) is 17.2. The van der Waals surface area contributed by atoms with Crippen LogP contribution < -0.4 is 5.11 Å². The molecule has 1 fully saturated rings. The maximum absolute atomic E-state index is 13.1. The quantitative estimate of drug-likeness (QED) is 0.840. The van der Waals surface area contributed by atoms with E-state index in [1.807, 2.05) is 30.3 Å². The average molecular weight is 357 g/mol. The summed E-state index contributed by atoms with van der Waals surface area (Å²) in [5, 5.41) is 10.5. The van der Waals surface area contributed by atoms with Crippen molar-refractivity contribution in [2.75, 3.05) is 0 Å². The van der Waals surface area contributed by atoms with Crippen LogP contribution >= 0.6 is 11.8 Å². The molecule has 0 bridgehead atoms. The van der Waals surface area contributed by atoms with Gasteiger partial charge in [0.15, 0.2) is 5.17 Å². The van der Waals surface area contributed by atoms with E-state index >= 15 is 0 Å². The number of carbonyl (C=O) groups excluding carboxylic acids is 2. The van der Waals surface area contributed by atoms with Gasteiger partial charge in [0.25, 0.3) is 0 Å². The van der Waals surface area contributed by atoms with Gasteiger partial charge in [-0.15, -0.1) is 0 Å². The van der Waals surface area contributed by atoms with Gasteiger partial charge in [-0.25, -0.2) is 9.38 Å². The monoisotopic (exact) mass is 357 g/mol. The molecular formula is C18H14FN2O3S-. The number of amidine groups is 1. The van der Waals surface area contributed by atoms with Gasteiger partial charge in [0.05, 0.1) is 23.5 Å². The molecule has 1 atom stereocenters. The standard InChI is InChI=1S/C18H15FN2O3S/c19-13-6-8-14(9-7-13)20-18-21(11-12-4-2-1-3-5-12)16(22)10-15(25-18)17(23)24/h1-9,15H,10-11H2,(H,23,24)/p-1/t15-/m1/s1. The van der Waals surface area contributed by atoms with E-state index in [0.717, 1.165) is 17.3 Å². The summed E-state index contributed by atoms with van der Waals surface area (Å²) in [6.07, 6.45) is -0.151. The first-order valence-corrected chi connectivity index (χ1v) is 8.47. The second kappa shape index (κ2) is 7.48. The van der Waals surface area contributed by atoms with Gasteiger partial charge in [0, 0.05) is 6.42 Å². The zero-order valence-corrected chi connectivity index (χ0v) is 13.9. The molecule has 0 saturated carbocycles. The second-order valence-electron chi connectivity index (χ2n) is 5.47. The Labute approximate surface area is 148 Å². The van der Waals surface area contributed by atoms with Gasteiger partial charge in [-0.05, 0) is 29.8 Å². The van der Waals surface area contributed by atoms with E-state index in [0.29, 0.717) is 5.69 Å². The highest BCUT2D eigenvalue weighted by atomic mass is 32.2. The molecule has 128 valence electrons. The van der Waals surface area contributed by atoms with Crippen LogP contribution in [0.25, 0.3) is 0 Å². The van der Waals surface area contributed by atoms with Crippen molar-refractivity contribution in [3.05, 3.63) is 66.0 Å². The summed E-state index contributed by atoms with van der Waals surface area (Å²) < 4.78 is 13.1. The number of carboxylic acid groups (broad SMARTS) is 1. The number of benzene rings is 2. The number of nitrogens with zero attached hydrogens (tertiary/aromatic N) is 2. The molecule has 1 heterocycles. The minimum absolute atomic E-state index is 0.151. The molecule has 0 unspecified atom stereocenters. The Bertz CT molecular complexity index is 809. The number of amides is 1. The van der Waals surface area contributed by atoms with E-state index in [4.69, 9.17) is 0 Å². The van der Waals surface area contributed by atoms with Gasteiger partial charge in [-0.2, -0.15) is 0 Å². The molecular weight excluding hydrogens is 343 g/mol. The molecule has 2 aromatic rings. The highest BCUT2D eigenvalue weighted by Crippen LogP contribution is 2.29. The van der Waals surface area contributed by atoms with E-state index in [1.54, 1.807) is 0 Å². The highest BCUT2D eigenvalue weighted by Gasteiger charge is 2.32. The maximum Gasteiger partial charge on any atom is 0.230 e. The minimum Gasteiger partial charge on any atom is -0.549 e. The SMILES string of the molecule is O=C([O-])[C@H]1CC(=O)N(Cc2ccccc2)C(=Nc2ccc(F)cc2)S1. The van der Waals surface area contributed by atoms with Crippen LogP contribution in [0.1, 0.15) is 12.0 Å². The van der Waals surface area contributed by atoms with Crippen LogP contribution in [-0.2, 0) is 16.1 Å². The molecule has 0 N–H and O–H groups in total. The lowest BCUT2D eigenvalue weighted by molar-refractivity contribution is -0.304. The minimum atomic E-state index is -1.30. The van der Waals surface area contributed by atoms with Crippen LogP contribution in [0.3, 0.4) is 0 Å². The molecule has 3 rings (SSSR count). The predicted octanol–water partition coefficient (Wildman–Crippen LogP) is 2.10. The molecule has 1 saturated heterocycles. The van der Waals surface area contributed by atoms with Crippen molar-refractivity contribution in [1.82, 2.24) is 4.90 Å². The lowest BCUT2D eigenvalue weighted by Crippen LogP contribution is -2.47. The lowest BCUT2D eigenvalue weighted by atomic mass is 10.2. The Balaban J connectivity index is 1.93. The Kier molecular flexibility index (Phi) is 5.14. The number of aliphatic carboxylic acids is 1. The smallest absolute Gasteiger partial charge is 0.230 e. The summed E-state index contributed by atoms with van der Waals surface area (Å²) in [6.45, 7) is 0.284. The number of halogens is 1. The third-order valence-corrected chi connectivity index (χ3v) is 4.80. The van der Waals surface area contributed by atoms with E-state index < -0.39 is 17.0 Å². The van der Waals surface area contributed by atoms with Crippen molar-refractivity contribution in [1.29, 1.82) is 0 Å². The number of rotatable bonds is 4. The molecule has 25 heavy (non-hydrogen) atoms. The van der Waals surface area contributed by atoms with E-state index in [2.05, 4.69) is 4.99 Å². The fraction of sp³-hybridized carbons (Fsp3) is 0.167. The Morgan fingerprint density at radius 1 is 1.20 bits per heavy atom. The molecule has 1 aliphatic rings. The molecule has 0 spiro atoms. The normalized spacial score (nSPS) is 19.2. The lowest BCUT2D eigenvalue weighted by Gasteiger charge is -2.32. The first-order chi connectivity index (χ1) is 12.0. The van der Waals surface area contributed by atoms with Gasteiger partial charge in [0.2, 0.25) is 5.91 Å². The first-order valence-electron chi connectivity index (χ1n) is 7.59. The molecule has 1 aliphatic heterocycles. The average Bonchev–Trinajstić information content (AvgIpc) is 2.60. The fourth-order valence-electron chi connectivity index (χ4n) is 2.37. The fourth-order valence-corrected chi connectivity index (χ4v) is 3.40. The summed E-state index contributed by atoms with van der Waals surface area (Å²) in [5.41, 5.74) is 1.34. The Morgan fingerprint density at radius 3 is 2.52 bits per heavy atom. The van der Waals surface area contributed by atoms with Crippen LogP contribution in [0.5, 0.6) is 0 Å². The summed E-state index contributed by atoms with van der Waals surface area (Å²) >= 11 is 0.969. The van der Waals surface area contributed by atoms with Crippen molar-refractivity contribution in [3.8, 4) is 0 Å². The van der Waals surface area contributed by atoms with E-state index in [-0.39, 0.29) is 24.0 Å². The van der Waals surface area contributed by atoms with Crippen LogP contribution in [0.2, 0.25) is 0 Å². The molecule has 7 heteroatoms. The molecule has 2 aromatic carbocycles. The number of hydrogen-bond acceptors (Lipinski definition) is 5. The zero-order chi connectivity index (χ0) is 17.8. The van der Waals surface area contributed by atoms with Crippen molar-refractivity contribution in [2.24, 2.45) is 4.99 Å². The molecule has 5 nitrogen and oxygen atoms in total. The Morgan fingerprint density at radius 2 is 1.88 bits per heavy atom. The van der Waals surface area contributed by atoms with Crippen LogP contribution in [0.15, 0.2) is 59.6 Å². The number of thioether (sulfide) groups is 1. The van der Waals surface area contributed by atoms with Crippen LogP contribution in [0, 0.1) is 5.82 Å². The Hall–Kier alpha value is -2.67. The zero-order valence-electron chi connectivity index (χ0n) is 13.1. The van der Waals surface area contributed by atoms with E-state index in [9.17, 15) is 19.1 Å². The van der Waals surface area contributed by atoms with Gasteiger partial charge < -0.3 is 9.90 Å². The number of aliphatic imine (C=N–C) groups is 1. The van der Waals surface area contributed by atoms with Gasteiger partial charge >= 0.3 is 0 Å². The molecule has 0 radical (unpaired) electrons. The van der Waals surface area contributed by atoms with Gasteiger partial charge in [-0.1, -0.05) is 42.1 Å². The molecule has 0 aliphatic carbocycles. The van der Waals surface area contributed by atoms with Crippen molar-refractivity contribution < 1.29 is 19.1 Å². The maximum atomic E-state index is 13.1. The van der Waals surface area contributed by atoms with Crippen LogP contribution in [-0.4, -0.2) is 27.2 Å². The number of carbonyl (C=O) groups is 2.